The number of hydrogen-bond acceptors (Lipinski definition) is 6. The zero-order chi connectivity index (χ0) is 25.9. The molecule has 4 rings (SSSR count). The predicted octanol–water partition coefficient (Wildman–Crippen LogP) is 3.09. The summed E-state index contributed by atoms with van der Waals surface area (Å²) < 4.78 is 40.6. The van der Waals surface area contributed by atoms with Crippen LogP contribution in [0.25, 0.3) is 0 Å². The van der Waals surface area contributed by atoms with Crippen molar-refractivity contribution in [3.63, 3.8) is 0 Å². The van der Waals surface area contributed by atoms with Crippen LogP contribution in [0.5, 0.6) is 5.75 Å². The predicted molar refractivity (Wildman–Crippen MR) is 136 cm³/mol. The number of benzene rings is 2. The van der Waals surface area contributed by atoms with E-state index in [1.165, 1.54) is 12.1 Å². The Balaban J connectivity index is 1.51. The fraction of sp³-hybridized carbons (Fsp3) is 0.462. The van der Waals surface area contributed by atoms with Crippen LogP contribution in [-0.2, 0) is 19.6 Å². The van der Waals surface area contributed by atoms with Gasteiger partial charge in [-0.1, -0.05) is 25.1 Å². The van der Waals surface area contributed by atoms with Gasteiger partial charge in [0, 0.05) is 19.3 Å². The summed E-state index contributed by atoms with van der Waals surface area (Å²) in [5, 5.41) is 2.87. The monoisotopic (exact) mass is 515 g/mol. The smallest absolute Gasteiger partial charge is 0.262 e. The van der Waals surface area contributed by atoms with Gasteiger partial charge in [0.2, 0.25) is 5.91 Å². The molecule has 0 aliphatic carbocycles. The number of nitrogens with zero attached hydrogens (tertiary/aromatic N) is 1. The molecule has 0 bridgehead atoms. The van der Waals surface area contributed by atoms with E-state index >= 15 is 0 Å². The van der Waals surface area contributed by atoms with E-state index in [1.54, 1.807) is 49.2 Å². The van der Waals surface area contributed by atoms with Crippen molar-refractivity contribution in [2.24, 2.45) is 0 Å². The Morgan fingerprint density at radius 2 is 1.94 bits per heavy atom. The van der Waals surface area contributed by atoms with Crippen LogP contribution >= 0.6 is 0 Å². The number of likely N-dealkylation sites (N-methyl/N-ethyl adjacent to an activating group) is 1. The van der Waals surface area contributed by atoms with Crippen LogP contribution in [0, 0.1) is 6.92 Å². The van der Waals surface area contributed by atoms with Gasteiger partial charge in [-0.05, 0) is 56.0 Å². The van der Waals surface area contributed by atoms with E-state index in [-0.39, 0.29) is 59.2 Å². The molecule has 0 unspecified atom stereocenters. The Labute approximate surface area is 212 Å². The summed E-state index contributed by atoms with van der Waals surface area (Å²) in [6.45, 7) is 4.58. The molecule has 194 valence electrons. The normalized spacial score (nSPS) is 21.9. The van der Waals surface area contributed by atoms with E-state index in [4.69, 9.17) is 9.47 Å². The minimum absolute atomic E-state index is 0.0393. The fourth-order valence-electron chi connectivity index (χ4n) is 4.70. The summed E-state index contributed by atoms with van der Waals surface area (Å²) in [6, 6.07) is 11.2. The second kappa shape index (κ2) is 10.9. The maximum atomic E-state index is 13.4. The zero-order valence-electron chi connectivity index (χ0n) is 20.8. The Bertz CT molecular complexity index is 1230. The minimum Gasteiger partial charge on any atom is -0.490 e. The molecule has 0 radical (unpaired) electrons. The number of anilines is 1. The van der Waals surface area contributed by atoms with Crippen LogP contribution in [0.1, 0.15) is 48.5 Å². The number of carbonyl (C=O) groups excluding carboxylic acids is 2. The lowest BCUT2D eigenvalue weighted by Gasteiger charge is -2.42. The Kier molecular flexibility index (Phi) is 7.85. The summed E-state index contributed by atoms with van der Waals surface area (Å²) in [6.07, 6.45) is 1.88. The molecule has 2 heterocycles. The van der Waals surface area contributed by atoms with Crippen LogP contribution < -0.4 is 14.8 Å². The van der Waals surface area contributed by atoms with Gasteiger partial charge in [-0.3, -0.25) is 14.3 Å². The first-order chi connectivity index (χ1) is 17.2. The molecular formula is C26H33N3O6S. The molecule has 2 aliphatic rings. The van der Waals surface area contributed by atoms with E-state index in [2.05, 4.69) is 10.0 Å². The van der Waals surface area contributed by atoms with Crippen LogP contribution in [0.4, 0.5) is 5.69 Å². The molecule has 9 nitrogen and oxygen atoms in total. The fourth-order valence-corrected chi connectivity index (χ4v) is 6.00. The highest BCUT2D eigenvalue weighted by Crippen LogP contribution is 2.33. The first kappa shape index (κ1) is 26.0. The molecule has 2 amide bonds. The van der Waals surface area contributed by atoms with Crippen molar-refractivity contribution >= 4 is 27.5 Å². The lowest BCUT2D eigenvalue weighted by molar-refractivity contribution is -0.134. The molecule has 0 aromatic heterocycles. The minimum atomic E-state index is -3.83. The van der Waals surface area contributed by atoms with Gasteiger partial charge in [-0.15, -0.1) is 0 Å². The third kappa shape index (κ3) is 5.65. The third-order valence-corrected chi connectivity index (χ3v) is 8.17. The SMILES string of the molecule is CCCNC(=O)C[C@@H]1CC[C@H]2[C@@H](COc3ccc(NS(=O)(=O)c4ccccc4C)cc3C(=O)N2C)O1. The maximum Gasteiger partial charge on any atom is 0.262 e. The van der Waals surface area contributed by atoms with Crippen LogP contribution in [-0.4, -0.2) is 63.6 Å². The first-order valence-corrected chi connectivity index (χ1v) is 13.7. The Morgan fingerprint density at radius 3 is 2.69 bits per heavy atom. The highest BCUT2D eigenvalue weighted by Gasteiger charge is 2.39. The number of rotatable bonds is 7. The molecule has 10 heteroatoms. The largest absolute Gasteiger partial charge is 0.490 e. The van der Waals surface area contributed by atoms with E-state index in [1.807, 2.05) is 6.92 Å². The lowest BCUT2D eigenvalue weighted by Crippen LogP contribution is -2.54. The number of carbonyl (C=O) groups is 2. The van der Waals surface area contributed by atoms with Crippen molar-refractivity contribution in [1.82, 2.24) is 10.2 Å². The van der Waals surface area contributed by atoms with Gasteiger partial charge in [-0.2, -0.15) is 0 Å². The van der Waals surface area contributed by atoms with Crippen molar-refractivity contribution in [3.8, 4) is 5.75 Å². The standard InChI is InChI=1S/C26H33N3O6S/c1-4-13-27-25(30)15-19-10-11-21-23(35-19)16-34-22-12-9-18(14-20(22)26(31)29(21)3)28-36(32,33)24-8-6-5-7-17(24)2/h5-9,12,14,19,21,23,28H,4,10-11,13,15-16H2,1-3H3,(H,27,30)/t19-,21-,23+/m0/s1. The van der Waals surface area contributed by atoms with E-state index in [9.17, 15) is 18.0 Å². The maximum absolute atomic E-state index is 13.4. The Morgan fingerprint density at radius 1 is 1.17 bits per heavy atom. The molecule has 2 N–H and O–H groups in total. The summed E-state index contributed by atoms with van der Waals surface area (Å²) in [5.74, 6) is 0.0393. The summed E-state index contributed by atoms with van der Waals surface area (Å²) in [4.78, 5) is 27.4. The van der Waals surface area contributed by atoms with E-state index in [0.29, 0.717) is 30.7 Å². The van der Waals surface area contributed by atoms with Gasteiger partial charge < -0.3 is 19.7 Å². The number of fused-ring (bicyclic) bond motifs is 2. The molecule has 36 heavy (non-hydrogen) atoms. The molecular weight excluding hydrogens is 482 g/mol. The van der Waals surface area contributed by atoms with E-state index < -0.39 is 10.0 Å². The molecule has 2 aliphatic heterocycles. The number of amides is 2. The molecule has 0 saturated carbocycles. The van der Waals surface area contributed by atoms with Gasteiger partial charge in [0.25, 0.3) is 15.9 Å². The molecule has 1 fully saturated rings. The molecule has 2 aromatic carbocycles. The first-order valence-electron chi connectivity index (χ1n) is 12.2. The average Bonchev–Trinajstić information content (AvgIpc) is 2.85. The van der Waals surface area contributed by atoms with Crippen molar-refractivity contribution in [2.45, 2.75) is 62.7 Å². The van der Waals surface area contributed by atoms with Crippen LogP contribution in [0.2, 0.25) is 0 Å². The van der Waals surface area contributed by atoms with Crippen molar-refractivity contribution in [3.05, 3.63) is 53.6 Å². The highest BCUT2D eigenvalue weighted by atomic mass is 32.2. The number of hydrogen-bond donors (Lipinski definition) is 2. The number of aryl methyl sites for hydroxylation is 1. The lowest BCUT2D eigenvalue weighted by atomic mass is 9.94. The quantitative estimate of drug-likeness (QED) is 0.586. The topological polar surface area (TPSA) is 114 Å². The average molecular weight is 516 g/mol. The van der Waals surface area contributed by atoms with Gasteiger partial charge in [0.1, 0.15) is 18.5 Å². The highest BCUT2D eigenvalue weighted by molar-refractivity contribution is 7.92. The van der Waals surface area contributed by atoms with Gasteiger partial charge in [-0.25, -0.2) is 8.42 Å². The molecule has 3 atom stereocenters. The summed E-state index contributed by atoms with van der Waals surface area (Å²) in [5.41, 5.74) is 1.18. The zero-order valence-corrected chi connectivity index (χ0v) is 21.6. The van der Waals surface area contributed by atoms with Crippen molar-refractivity contribution in [1.29, 1.82) is 0 Å². The number of nitrogens with one attached hydrogen (secondary N) is 2. The summed E-state index contributed by atoms with van der Waals surface area (Å²) >= 11 is 0. The van der Waals surface area contributed by atoms with Crippen LogP contribution in [0.15, 0.2) is 47.4 Å². The second-order valence-corrected chi connectivity index (χ2v) is 11.0. The van der Waals surface area contributed by atoms with Crippen molar-refractivity contribution in [2.75, 3.05) is 24.9 Å². The third-order valence-electron chi connectivity index (χ3n) is 6.63. The number of sulfonamides is 1. The van der Waals surface area contributed by atoms with Gasteiger partial charge in [0.05, 0.1) is 29.0 Å². The Hall–Kier alpha value is -3.11. The van der Waals surface area contributed by atoms with Gasteiger partial charge in [0.15, 0.2) is 0 Å². The number of ether oxygens (including phenoxy) is 2. The second-order valence-electron chi connectivity index (χ2n) is 9.30. The molecule has 2 aromatic rings. The van der Waals surface area contributed by atoms with E-state index in [0.717, 1.165) is 6.42 Å². The van der Waals surface area contributed by atoms with Crippen molar-refractivity contribution < 1.29 is 27.5 Å². The molecule has 1 saturated heterocycles. The van der Waals surface area contributed by atoms with Crippen LogP contribution in [0.3, 0.4) is 0 Å². The van der Waals surface area contributed by atoms with Gasteiger partial charge >= 0.3 is 0 Å². The molecule has 0 spiro atoms. The summed E-state index contributed by atoms with van der Waals surface area (Å²) in [7, 11) is -2.11.